The zero-order valence-corrected chi connectivity index (χ0v) is 16.4. The van der Waals surface area contributed by atoms with Crippen LogP contribution in [-0.2, 0) is 5.54 Å². The molecule has 2 atom stereocenters. The second-order valence-electron chi connectivity index (χ2n) is 6.90. The number of nitrogens with one attached hydrogen (secondary N) is 1. The number of alkyl halides is 2. The number of amidine groups is 1. The van der Waals surface area contributed by atoms with Gasteiger partial charge < -0.3 is 5.32 Å². The zero-order chi connectivity index (χ0) is 21.5. The molecule has 1 aliphatic heterocycles. The van der Waals surface area contributed by atoms with Crippen molar-refractivity contribution in [3.63, 3.8) is 0 Å². The van der Waals surface area contributed by atoms with Gasteiger partial charge in [0.1, 0.15) is 11.4 Å². The summed E-state index contributed by atoms with van der Waals surface area (Å²) in [5, 5.41) is 3.82. The van der Waals surface area contributed by atoms with Crippen molar-refractivity contribution in [2.75, 3.05) is 0 Å². The second kappa shape index (κ2) is 7.60. The van der Waals surface area contributed by atoms with Crippen molar-refractivity contribution in [1.29, 1.82) is 0 Å². The molecule has 1 aliphatic rings. The summed E-state index contributed by atoms with van der Waals surface area (Å²) in [4.78, 5) is 19.9. The van der Waals surface area contributed by atoms with E-state index >= 15 is 0 Å². The quantitative estimate of drug-likeness (QED) is 0.631. The van der Waals surface area contributed by atoms with Crippen LogP contribution in [0.1, 0.15) is 30.2 Å². The number of nitrogens with zero attached hydrogens (tertiary/aromatic N) is 3. The molecule has 0 spiro atoms. The highest BCUT2D eigenvalue weighted by atomic mass is 35.5. The molecule has 3 heterocycles. The maximum Gasteiger partial charge on any atom is 0.321 e. The average molecular weight is 433 g/mol. The van der Waals surface area contributed by atoms with Crippen LogP contribution in [0.4, 0.5) is 13.2 Å². The van der Waals surface area contributed by atoms with Gasteiger partial charge in [-0.2, -0.15) is 13.2 Å². The Morgan fingerprint density at radius 1 is 1.13 bits per heavy atom. The predicted octanol–water partition coefficient (Wildman–Crippen LogP) is 4.11. The van der Waals surface area contributed by atoms with Gasteiger partial charge in [-0.05, 0) is 48.4 Å². The molecule has 9 heteroatoms. The van der Waals surface area contributed by atoms with Crippen molar-refractivity contribution in [2.24, 2.45) is 4.99 Å². The van der Waals surface area contributed by atoms with E-state index in [0.717, 1.165) is 17.8 Å². The van der Waals surface area contributed by atoms with Gasteiger partial charge in [-0.1, -0.05) is 23.7 Å². The lowest BCUT2D eigenvalue weighted by molar-refractivity contribution is 0.0663. The topological polar surface area (TPSA) is 59.3 Å². The highest BCUT2D eigenvalue weighted by molar-refractivity contribution is 6.30. The molecule has 0 unspecified atom stereocenters. The molecule has 0 bridgehead atoms. The fraction of sp³-hybridized carbons (Fsp3) is 0.190. The Morgan fingerprint density at radius 2 is 1.87 bits per heavy atom. The van der Waals surface area contributed by atoms with Gasteiger partial charge in [0.05, 0.1) is 6.04 Å². The number of pyridine rings is 2. The van der Waals surface area contributed by atoms with Crippen LogP contribution in [-0.4, -0.2) is 21.4 Å². The number of rotatable bonds is 4. The van der Waals surface area contributed by atoms with Crippen LogP contribution in [0.15, 0.2) is 70.7 Å². The number of halogens is 4. The molecule has 5 nitrogen and oxygen atoms in total. The smallest absolute Gasteiger partial charge is 0.321 e. The Balaban J connectivity index is 1.85. The minimum absolute atomic E-state index is 0.309. The molecule has 3 aromatic rings. The van der Waals surface area contributed by atoms with Crippen LogP contribution >= 0.6 is 11.6 Å². The fourth-order valence-electron chi connectivity index (χ4n) is 3.71. The minimum atomic E-state index is -2.98. The normalized spacial score (nSPS) is 20.9. The Labute approximate surface area is 174 Å². The fourth-order valence-corrected chi connectivity index (χ4v) is 3.84. The first-order valence-corrected chi connectivity index (χ1v) is 9.44. The predicted molar refractivity (Wildman–Crippen MR) is 108 cm³/mol. The Bertz CT molecular complexity index is 1180. The Morgan fingerprint density at radius 3 is 2.53 bits per heavy atom. The number of hydrogen-bond donors (Lipinski definition) is 1. The van der Waals surface area contributed by atoms with E-state index in [0.29, 0.717) is 26.6 Å². The summed E-state index contributed by atoms with van der Waals surface area (Å²) >= 11 is 6.04. The van der Waals surface area contributed by atoms with Gasteiger partial charge in [-0.3, -0.25) is 14.4 Å². The van der Waals surface area contributed by atoms with E-state index in [-0.39, 0.29) is 0 Å². The first-order valence-electron chi connectivity index (χ1n) is 9.06. The third-order valence-electron chi connectivity index (χ3n) is 5.17. The number of benzene rings is 1. The van der Waals surface area contributed by atoms with Crippen LogP contribution in [0.3, 0.4) is 0 Å². The summed E-state index contributed by atoms with van der Waals surface area (Å²) < 4.78 is 40.7. The average Bonchev–Trinajstić information content (AvgIpc) is 3.07. The maximum atomic E-state index is 14.0. The third kappa shape index (κ3) is 3.37. The van der Waals surface area contributed by atoms with E-state index in [4.69, 9.17) is 11.6 Å². The Hall–Kier alpha value is -3.13. The van der Waals surface area contributed by atoms with Crippen LogP contribution < -0.4 is 10.9 Å². The van der Waals surface area contributed by atoms with Crippen LogP contribution in [0.5, 0.6) is 0 Å². The molecule has 1 N–H and O–H groups in total. The number of aromatic nitrogens is 2. The van der Waals surface area contributed by atoms with E-state index in [1.807, 2.05) is 6.92 Å². The van der Waals surface area contributed by atoms with Gasteiger partial charge in [0.15, 0.2) is 0 Å². The lowest BCUT2D eigenvalue weighted by atomic mass is 9.78. The first kappa shape index (κ1) is 20.2. The molecular formula is C21H16ClF3N4O. The summed E-state index contributed by atoms with van der Waals surface area (Å²) in [7, 11) is 0. The van der Waals surface area contributed by atoms with Gasteiger partial charge in [0, 0.05) is 29.0 Å². The largest absolute Gasteiger partial charge is 0.354 e. The van der Waals surface area contributed by atoms with E-state index in [9.17, 15) is 18.0 Å². The molecular weight excluding hydrogens is 417 g/mol. The first-order chi connectivity index (χ1) is 14.3. The number of hydrogen-bond acceptors (Lipinski definition) is 4. The van der Waals surface area contributed by atoms with E-state index in [1.54, 1.807) is 30.3 Å². The van der Waals surface area contributed by atoms with Crippen LogP contribution in [0, 0.1) is 5.95 Å². The SMILES string of the molecule is C[C@@H]1N=C(c2ccc(=O)n(C(F)F)c2)N[C@]1(c1ccc(Cl)cc1)c1ccnc(F)c1. The molecule has 2 aromatic heterocycles. The van der Waals surface area contributed by atoms with E-state index in [2.05, 4.69) is 15.3 Å². The highest BCUT2D eigenvalue weighted by Crippen LogP contribution is 2.39. The third-order valence-corrected chi connectivity index (χ3v) is 5.42. The van der Waals surface area contributed by atoms with E-state index in [1.165, 1.54) is 18.3 Å². The Kier molecular flexibility index (Phi) is 5.11. The van der Waals surface area contributed by atoms with Crippen molar-refractivity contribution in [2.45, 2.75) is 25.1 Å². The van der Waals surface area contributed by atoms with Gasteiger partial charge in [-0.15, -0.1) is 0 Å². The summed E-state index contributed by atoms with van der Waals surface area (Å²) in [5.41, 5.74) is -0.181. The van der Waals surface area contributed by atoms with Crippen molar-refractivity contribution in [1.82, 2.24) is 14.9 Å². The summed E-state index contributed by atoms with van der Waals surface area (Å²) in [6.45, 7) is -1.15. The molecule has 0 radical (unpaired) electrons. The standard InChI is InChI=1S/C21H16ClF3N4O/c1-12-21(14-3-5-16(22)6-4-14,15-8-9-26-17(23)10-15)28-19(27-12)13-2-7-18(30)29(11-13)20(24)25/h2-12,20H,1H3,(H,27,28)/t12-,21+/m0/s1. The monoisotopic (exact) mass is 432 g/mol. The van der Waals surface area contributed by atoms with Gasteiger partial charge >= 0.3 is 6.55 Å². The van der Waals surface area contributed by atoms with Crippen molar-refractivity contribution in [3.8, 4) is 0 Å². The zero-order valence-electron chi connectivity index (χ0n) is 15.7. The molecule has 0 saturated heterocycles. The molecule has 30 heavy (non-hydrogen) atoms. The number of aliphatic imine (C=N–C) groups is 1. The van der Waals surface area contributed by atoms with Crippen molar-refractivity contribution < 1.29 is 13.2 Å². The molecule has 0 aliphatic carbocycles. The van der Waals surface area contributed by atoms with Crippen molar-refractivity contribution >= 4 is 17.4 Å². The van der Waals surface area contributed by atoms with Gasteiger partial charge in [0.2, 0.25) is 5.95 Å². The van der Waals surface area contributed by atoms with Gasteiger partial charge in [0.25, 0.3) is 5.56 Å². The maximum absolute atomic E-state index is 14.0. The van der Waals surface area contributed by atoms with Gasteiger partial charge in [-0.25, -0.2) is 4.98 Å². The molecule has 154 valence electrons. The van der Waals surface area contributed by atoms with Crippen LogP contribution in [0.2, 0.25) is 5.02 Å². The molecule has 0 amide bonds. The minimum Gasteiger partial charge on any atom is -0.354 e. The lowest BCUT2D eigenvalue weighted by Crippen LogP contribution is -2.48. The summed E-state index contributed by atoms with van der Waals surface area (Å²) in [5.74, 6) is -0.349. The van der Waals surface area contributed by atoms with Crippen molar-refractivity contribution in [3.05, 3.63) is 98.9 Å². The molecule has 4 rings (SSSR count). The molecule has 0 fully saturated rings. The molecule has 0 saturated carbocycles. The summed E-state index contributed by atoms with van der Waals surface area (Å²) in [6.07, 6.45) is 2.41. The van der Waals surface area contributed by atoms with E-state index < -0.39 is 29.6 Å². The second-order valence-corrected chi connectivity index (χ2v) is 7.34. The lowest BCUT2D eigenvalue weighted by Gasteiger charge is -2.35. The molecule has 1 aromatic carbocycles. The van der Waals surface area contributed by atoms with Crippen LogP contribution in [0.25, 0.3) is 0 Å². The highest BCUT2D eigenvalue weighted by Gasteiger charge is 2.45. The summed E-state index contributed by atoms with van der Waals surface area (Å²) in [6, 6.07) is 12.0.